The van der Waals surface area contributed by atoms with Gasteiger partial charge in [0.25, 0.3) is 5.91 Å². The third kappa shape index (κ3) is 4.35. The summed E-state index contributed by atoms with van der Waals surface area (Å²) >= 11 is 0. The number of methoxy groups -OCH3 is 1. The fourth-order valence-electron chi connectivity index (χ4n) is 3.20. The number of likely N-dealkylation sites (tertiary alicyclic amines) is 1. The van der Waals surface area contributed by atoms with E-state index in [1.807, 2.05) is 12.1 Å². The predicted molar refractivity (Wildman–Crippen MR) is 93.3 cm³/mol. The van der Waals surface area contributed by atoms with Crippen molar-refractivity contribution in [2.75, 3.05) is 33.4 Å². The minimum Gasteiger partial charge on any atom is -0.467 e. The highest BCUT2D eigenvalue weighted by Gasteiger charge is 2.31. The Bertz CT molecular complexity index is 688. The Morgan fingerprint density at radius 3 is 2.54 bits per heavy atom. The average Bonchev–Trinajstić information content (AvgIpc) is 3.38. The lowest BCUT2D eigenvalue weighted by atomic mass is 9.95. The number of furan rings is 2. The Labute approximate surface area is 152 Å². The number of amides is 2. The third-order valence-electron chi connectivity index (χ3n) is 4.67. The first-order valence-electron chi connectivity index (χ1n) is 8.82. The zero-order valence-corrected chi connectivity index (χ0v) is 14.9. The van der Waals surface area contributed by atoms with Crippen LogP contribution in [0.4, 0.5) is 0 Å². The highest BCUT2D eigenvalue weighted by Crippen LogP contribution is 2.22. The van der Waals surface area contributed by atoms with E-state index in [9.17, 15) is 9.59 Å². The van der Waals surface area contributed by atoms with Gasteiger partial charge >= 0.3 is 0 Å². The summed E-state index contributed by atoms with van der Waals surface area (Å²) in [7, 11) is 1.62. The maximum absolute atomic E-state index is 12.9. The van der Waals surface area contributed by atoms with Crippen molar-refractivity contribution in [1.82, 2.24) is 9.80 Å². The van der Waals surface area contributed by atoms with Gasteiger partial charge in [0.15, 0.2) is 5.76 Å². The molecule has 0 aromatic carbocycles. The number of ether oxygens (including phenoxy) is 1. The summed E-state index contributed by atoms with van der Waals surface area (Å²) in [4.78, 5) is 28.8. The smallest absolute Gasteiger partial charge is 0.289 e. The molecule has 2 aromatic heterocycles. The maximum atomic E-state index is 12.9. The summed E-state index contributed by atoms with van der Waals surface area (Å²) in [6.07, 6.45) is 4.39. The van der Waals surface area contributed by atoms with Gasteiger partial charge in [-0.15, -0.1) is 0 Å². The summed E-state index contributed by atoms with van der Waals surface area (Å²) in [6, 6.07) is 7.03. The van der Waals surface area contributed by atoms with E-state index in [2.05, 4.69) is 0 Å². The molecule has 7 nitrogen and oxygen atoms in total. The molecule has 1 fully saturated rings. The van der Waals surface area contributed by atoms with Crippen molar-refractivity contribution in [3.05, 3.63) is 48.3 Å². The number of rotatable bonds is 7. The SMILES string of the molecule is COCCN(Cc1ccco1)C(=O)C1CCN(C(=O)c2ccco2)CC1. The second-order valence-electron chi connectivity index (χ2n) is 6.38. The van der Waals surface area contributed by atoms with E-state index in [0.717, 1.165) is 5.76 Å². The van der Waals surface area contributed by atoms with Crippen LogP contribution >= 0.6 is 0 Å². The lowest BCUT2D eigenvalue weighted by Crippen LogP contribution is -2.44. The normalized spacial score (nSPS) is 15.2. The molecule has 0 saturated carbocycles. The highest BCUT2D eigenvalue weighted by molar-refractivity contribution is 5.91. The van der Waals surface area contributed by atoms with Crippen LogP contribution in [0.25, 0.3) is 0 Å². The number of hydrogen-bond donors (Lipinski definition) is 0. The second-order valence-corrected chi connectivity index (χ2v) is 6.38. The Balaban J connectivity index is 1.57. The van der Waals surface area contributed by atoms with Gasteiger partial charge in [-0.2, -0.15) is 0 Å². The molecule has 0 N–H and O–H groups in total. The van der Waals surface area contributed by atoms with Crippen LogP contribution in [0, 0.1) is 5.92 Å². The molecule has 0 bridgehead atoms. The molecule has 26 heavy (non-hydrogen) atoms. The molecule has 3 heterocycles. The van der Waals surface area contributed by atoms with E-state index in [0.29, 0.717) is 51.4 Å². The van der Waals surface area contributed by atoms with Gasteiger partial charge in [0, 0.05) is 32.7 Å². The highest BCUT2D eigenvalue weighted by atomic mass is 16.5. The van der Waals surface area contributed by atoms with Gasteiger partial charge in [0.2, 0.25) is 5.91 Å². The average molecular weight is 360 g/mol. The summed E-state index contributed by atoms with van der Waals surface area (Å²) in [6.45, 7) is 2.52. The van der Waals surface area contributed by atoms with Crippen LogP contribution in [0.15, 0.2) is 45.6 Å². The van der Waals surface area contributed by atoms with Gasteiger partial charge in [-0.05, 0) is 37.1 Å². The molecule has 0 atom stereocenters. The molecule has 140 valence electrons. The lowest BCUT2D eigenvalue weighted by Gasteiger charge is -2.33. The zero-order valence-electron chi connectivity index (χ0n) is 14.9. The van der Waals surface area contributed by atoms with Gasteiger partial charge in [-0.1, -0.05) is 0 Å². The predicted octanol–water partition coefficient (Wildman–Crippen LogP) is 2.40. The summed E-state index contributed by atoms with van der Waals surface area (Å²) in [5, 5.41) is 0. The monoisotopic (exact) mass is 360 g/mol. The van der Waals surface area contributed by atoms with Crippen molar-refractivity contribution in [2.24, 2.45) is 5.92 Å². The van der Waals surface area contributed by atoms with E-state index in [-0.39, 0.29) is 17.7 Å². The van der Waals surface area contributed by atoms with Gasteiger partial charge in [-0.3, -0.25) is 9.59 Å². The van der Waals surface area contributed by atoms with E-state index in [1.54, 1.807) is 35.3 Å². The fraction of sp³-hybridized carbons (Fsp3) is 0.474. The summed E-state index contributed by atoms with van der Waals surface area (Å²) in [5.41, 5.74) is 0. The van der Waals surface area contributed by atoms with Crippen molar-refractivity contribution in [2.45, 2.75) is 19.4 Å². The largest absolute Gasteiger partial charge is 0.467 e. The number of carbonyl (C=O) groups is 2. The molecule has 1 saturated heterocycles. The van der Waals surface area contributed by atoms with Crippen LogP contribution in [-0.2, 0) is 16.1 Å². The second kappa shape index (κ2) is 8.71. The van der Waals surface area contributed by atoms with Crippen LogP contribution in [-0.4, -0.2) is 55.0 Å². The maximum Gasteiger partial charge on any atom is 0.289 e. The molecule has 0 aliphatic carbocycles. The minimum atomic E-state index is -0.118. The number of piperidine rings is 1. The first kappa shape index (κ1) is 18.3. The zero-order chi connectivity index (χ0) is 18.4. The fourth-order valence-corrected chi connectivity index (χ4v) is 3.20. The van der Waals surface area contributed by atoms with Crippen LogP contribution in [0.2, 0.25) is 0 Å². The van der Waals surface area contributed by atoms with Gasteiger partial charge < -0.3 is 23.4 Å². The molecule has 3 rings (SSSR count). The quantitative estimate of drug-likeness (QED) is 0.758. The first-order chi connectivity index (χ1) is 12.7. The van der Waals surface area contributed by atoms with Crippen molar-refractivity contribution < 1.29 is 23.2 Å². The number of hydrogen-bond acceptors (Lipinski definition) is 5. The Kier molecular flexibility index (Phi) is 6.12. The standard InChI is InChI=1S/C19H24N2O5/c1-24-13-10-21(14-16-4-2-11-25-16)18(22)15-6-8-20(9-7-15)19(23)17-5-3-12-26-17/h2-5,11-12,15H,6-10,13-14H2,1H3. The molecular weight excluding hydrogens is 336 g/mol. The van der Waals surface area contributed by atoms with Crippen LogP contribution < -0.4 is 0 Å². The van der Waals surface area contributed by atoms with Crippen molar-refractivity contribution in [3.63, 3.8) is 0 Å². The third-order valence-corrected chi connectivity index (χ3v) is 4.67. The van der Waals surface area contributed by atoms with Gasteiger partial charge in [-0.25, -0.2) is 0 Å². The van der Waals surface area contributed by atoms with E-state index in [4.69, 9.17) is 13.6 Å². The molecule has 1 aliphatic heterocycles. The minimum absolute atomic E-state index is 0.0866. The lowest BCUT2D eigenvalue weighted by molar-refractivity contribution is -0.138. The molecule has 0 radical (unpaired) electrons. The van der Waals surface area contributed by atoms with Gasteiger partial charge in [0.05, 0.1) is 25.7 Å². The molecule has 1 aliphatic rings. The van der Waals surface area contributed by atoms with E-state index in [1.165, 1.54) is 6.26 Å². The van der Waals surface area contributed by atoms with Gasteiger partial charge in [0.1, 0.15) is 5.76 Å². The Morgan fingerprint density at radius 1 is 1.19 bits per heavy atom. The Morgan fingerprint density at radius 2 is 1.92 bits per heavy atom. The molecule has 0 spiro atoms. The molecule has 0 unspecified atom stereocenters. The Hall–Kier alpha value is -2.54. The number of carbonyl (C=O) groups excluding carboxylic acids is 2. The molecule has 2 aromatic rings. The van der Waals surface area contributed by atoms with Crippen LogP contribution in [0.1, 0.15) is 29.2 Å². The van der Waals surface area contributed by atoms with E-state index >= 15 is 0 Å². The molecular formula is C19H24N2O5. The summed E-state index contributed by atoms with van der Waals surface area (Å²) in [5.74, 6) is 0.966. The molecule has 7 heteroatoms. The van der Waals surface area contributed by atoms with E-state index < -0.39 is 0 Å². The van der Waals surface area contributed by atoms with Crippen LogP contribution in [0.3, 0.4) is 0 Å². The first-order valence-corrected chi connectivity index (χ1v) is 8.82. The number of nitrogens with zero attached hydrogens (tertiary/aromatic N) is 2. The van der Waals surface area contributed by atoms with Crippen molar-refractivity contribution >= 4 is 11.8 Å². The van der Waals surface area contributed by atoms with Crippen molar-refractivity contribution in [3.8, 4) is 0 Å². The van der Waals surface area contributed by atoms with Crippen molar-refractivity contribution in [1.29, 1.82) is 0 Å². The topological polar surface area (TPSA) is 76.1 Å². The van der Waals surface area contributed by atoms with Crippen LogP contribution in [0.5, 0.6) is 0 Å². The molecule has 2 amide bonds. The summed E-state index contributed by atoms with van der Waals surface area (Å²) < 4.78 is 15.7.